The Morgan fingerprint density at radius 3 is 1.11 bits per heavy atom. The van der Waals surface area contributed by atoms with Crippen molar-refractivity contribution >= 4 is 29.8 Å². The first-order valence-corrected chi connectivity index (χ1v) is 11.5. The number of carbonyl (C=O) groups excluding carboxylic acids is 5. The molecule has 0 aliphatic heterocycles. The summed E-state index contributed by atoms with van der Waals surface area (Å²) >= 11 is 0. The van der Waals surface area contributed by atoms with Crippen molar-refractivity contribution in [2.24, 2.45) is 0 Å². The van der Waals surface area contributed by atoms with E-state index in [9.17, 15) is 29.1 Å². The van der Waals surface area contributed by atoms with Gasteiger partial charge in [0.25, 0.3) is 0 Å². The number of hydroxylamine groups is 4. The molecule has 0 radical (unpaired) electrons. The average molecular weight is 515 g/mol. The van der Waals surface area contributed by atoms with E-state index >= 15 is 0 Å². The van der Waals surface area contributed by atoms with Crippen molar-refractivity contribution in [3.63, 3.8) is 0 Å². The van der Waals surface area contributed by atoms with Crippen molar-refractivity contribution in [2.75, 3.05) is 13.1 Å². The maximum atomic E-state index is 10.8. The van der Waals surface area contributed by atoms with Gasteiger partial charge in [-0.25, -0.2) is 0 Å². The van der Waals surface area contributed by atoms with Crippen LogP contribution in [0.3, 0.4) is 0 Å². The summed E-state index contributed by atoms with van der Waals surface area (Å²) in [6.45, 7) is 6.19. The van der Waals surface area contributed by atoms with Gasteiger partial charge in [0.2, 0.25) is 0 Å². The molecule has 0 saturated heterocycles. The molecule has 0 N–H and O–H groups in total. The molecule has 0 atom stereocenters. The minimum atomic E-state index is -0.909. The van der Waals surface area contributed by atoms with Crippen molar-refractivity contribution in [3.8, 4) is 0 Å². The van der Waals surface area contributed by atoms with Crippen LogP contribution < -0.4 is 34.7 Å². The number of hydrogen-bond donors (Lipinski definition) is 0. The number of nitrogens with zero attached hydrogens (tertiary/aromatic N) is 2. The van der Waals surface area contributed by atoms with Crippen LogP contribution >= 0.6 is 0 Å². The zero-order valence-electron chi connectivity index (χ0n) is 22.0. The topological polar surface area (TPSA) is 152 Å². The van der Waals surface area contributed by atoms with Gasteiger partial charge in [-0.15, -0.1) is 0 Å². The van der Waals surface area contributed by atoms with E-state index in [4.69, 9.17) is 0 Å². The summed E-state index contributed by atoms with van der Waals surface area (Å²) in [6.07, 6.45) is 11.2. The fourth-order valence-corrected chi connectivity index (χ4v) is 2.54. The standard InChI is InChI=1S/C12H24O2.C10H16N2O8.Na/c1-2-3-4-5-6-7-8-9-10-11-12(13)14;1-7(13)17-11(18-8(2)14)5-6-12(19-9(3)15)20-10(4)16;/h2-11H2,1H3,(H,13,14);5-6H2,1-4H3;/q;;+1/p-1. The summed E-state index contributed by atoms with van der Waals surface area (Å²) in [6, 6.07) is 0. The van der Waals surface area contributed by atoms with Gasteiger partial charge in [-0.1, -0.05) is 58.3 Å². The van der Waals surface area contributed by atoms with Crippen LogP contribution in [0.25, 0.3) is 0 Å². The van der Waals surface area contributed by atoms with Crippen LogP contribution in [0.5, 0.6) is 0 Å². The van der Waals surface area contributed by atoms with Crippen LogP contribution in [0.15, 0.2) is 0 Å². The Bertz CT molecular complexity index is 551. The Labute approximate surface area is 229 Å². The molecule has 0 aromatic carbocycles. The second-order valence-corrected chi connectivity index (χ2v) is 7.39. The van der Waals surface area contributed by atoms with Crippen LogP contribution in [-0.2, 0) is 43.3 Å². The molecular weight excluding hydrogens is 475 g/mol. The molecule has 0 fully saturated rings. The molecule has 13 heteroatoms. The zero-order valence-corrected chi connectivity index (χ0v) is 24.0. The zero-order chi connectivity index (χ0) is 26.4. The first-order chi connectivity index (χ1) is 16.0. The molecular formula is C22H39N2NaO10. The summed E-state index contributed by atoms with van der Waals surface area (Å²) in [7, 11) is 0. The Balaban J connectivity index is -0.000000603. The van der Waals surface area contributed by atoms with Gasteiger partial charge in [-0.3, -0.25) is 19.2 Å². The maximum absolute atomic E-state index is 10.8. The molecule has 0 saturated carbocycles. The quantitative estimate of drug-likeness (QED) is 0.135. The molecule has 198 valence electrons. The first kappa shape index (κ1) is 37.8. The van der Waals surface area contributed by atoms with Gasteiger partial charge in [0.05, 0.1) is 13.1 Å². The Morgan fingerprint density at radius 1 is 0.571 bits per heavy atom. The van der Waals surface area contributed by atoms with Gasteiger partial charge in [0.15, 0.2) is 0 Å². The van der Waals surface area contributed by atoms with E-state index in [1.54, 1.807) is 0 Å². The van der Waals surface area contributed by atoms with Crippen LogP contribution in [-0.4, -0.2) is 53.4 Å². The number of hydrogen-bond acceptors (Lipinski definition) is 12. The first-order valence-electron chi connectivity index (χ1n) is 11.5. The number of carbonyl (C=O) groups is 5. The number of rotatable bonds is 17. The molecule has 0 aromatic heterocycles. The number of carboxylic acid groups (broad SMARTS) is 1. The largest absolute Gasteiger partial charge is 1.00 e. The van der Waals surface area contributed by atoms with Gasteiger partial charge >= 0.3 is 53.4 Å². The van der Waals surface area contributed by atoms with Crippen molar-refractivity contribution in [2.45, 2.75) is 98.8 Å². The molecule has 0 aliphatic rings. The van der Waals surface area contributed by atoms with Crippen LogP contribution in [0, 0.1) is 0 Å². The Morgan fingerprint density at radius 2 is 0.857 bits per heavy atom. The van der Waals surface area contributed by atoms with E-state index in [1.165, 1.54) is 44.9 Å². The van der Waals surface area contributed by atoms with E-state index in [2.05, 4.69) is 26.3 Å². The van der Waals surface area contributed by atoms with Gasteiger partial charge in [0.1, 0.15) is 0 Å². The van der Waals surface area contributed by atoms with Crippen LogP contribution in [0.1, 0.15) is 98.8 Å². The minimum Gasteiger partial charge on any atom is -0.550 e. The predicted octanol–water partition coefficient (Wildman–Crippen LogP) is -0.836. The summed E-state index contributed by atoms with van der Waals surface area (Å²) in [5.41, 5.74) is 0. The normalized spacial score (nSPS) is 9.91. The van der Waals surface area contributed by atoms with Crippen LogP contribution in [0.4, 0.5) is 0 Å². The van der Waals surface area contributed by atoms with Gasteiger partial charge < -0.3 is 29.3 Å². The van der Waals surface area contributed by atoms with Crippen molar-refractivity contribution in [3.05, 3.63) is 0 Å². The summed E-state index contributed by atoms with van der Waals surface area (Å²) in [5, 5.41) is 11.2. The van der Waals surface area contributed by atoms with E-state index in [0.29, 0.717) is 10.5 Å². The minimum absolute atomic E-state index is 0. The third kappa shape index (κ3) is 32.3. The molecule has 0 spiro atoms. The summed E-state index contributed by atoms with van der Waals surface area (Å²) in [5.74, 6) is -3.81. The molecule has 0 aromatic rings. The smallest absolute Gasteiger partial charge is 0.550 e. The second-order valence-electron chi connectivity index (χ2n) is 7.39. The SMILES string of the molecule is CC(=O)ON(CCN(OC(C)=O)OC(C)=O)OC(C)=O.CCCCCCCCCCCC(=O)[O-].[Na+]. The van der Waals surface area contributed by atoms with Crippen molar-refractivity contribution in [1.82, 2.24) is 10.5 Å². The third-order valence-corrected chi connectivity index (χ3v) is 3.87. The molecule has 0 aliphatic carbocycles. The monoisotopic (exact) mass is 514 g/mol. The number of carboxylic acids is 1. The number of unbranched alkanes of at least 4 members (excludes halogenated alkanes) is 8. The second kappa shape index (κ2) is 25.4. The summed E-state index contributed by atoms with van der Waals surface area (Å²) < 4.78 is 0. The molecule has 0 heterocycles. The van der Waals surface area contributed by atoms with Crippen molar-refractivity contribution < 1.29 is 78.0 Å². The Kier molecular flexibility index (Phi) is 27.4. The predicted molar refractivity (Wildman–Crippen MR) is 117 cm³/mol. The average Bonchev–Trinajstić information content (AvgIpc) is 2.69. The third-order valence-electron chi connectivity index (χ3n) is 3.87. The van der Waals surface area contributed by atoms with Crippen LogP contribution in [0.2, 0.25) is 0 Å². The molecule has 0 unspecified atom stereocenters. The fourth-order valence-electron chi connectivity index (χ4n) is 2.54. The number of aliphatic carboxylic acids is 1. The Hall–Kier alpha value is -1.73. The maximum Gasteiger partial charge on any atom is 1.00 e. The van der Waals surface area contributed by atoms with Crippen molar-refractivity contribution in [1.29, 1.82) is 0 Å². The van der Waals surface area contributed by atoms with Gasteiger partial charge in [-0.2, -0.15) is 0 Å². The van der Waals surface area contributed by atoms with E-state index in [-0.39, 0.29) is 49.1 Å². The summed E-state index contributed by atoms with van der Waals surface area (Å²) in [4.78, 5) is 71.5. The van der Waals surface area contributed by atoms with E-state index in [0.717, 1.165) is 40.5 Å². The van der Waals surface area contributed by atoms with Gasteiger partial charge in [0, 0.05) is 44.1 Å². The molecule has 35 heavy (non-hydrogen) atoms. The molecule has 12 nitrogen and oxygen atoms in total. The fraction of sp³-hybridized carbons (Fsp3) is 0.773. The molecule has 0 rings (SSSR count). The molecule has 0 amide bonds. The van der Waals surface area contributed by atoms with Gasteiger partial charge in [-0.05, 0) is 12.8 Å². The van der Waals surface area contributed by atoms with E-state index in [1.807, 2.05) is 0 Å². The van der Waals surface area contributed by atoms with E-state index < -0.39 is 29.8 Å². The molecule has 0 bridgehead atoms.